The molecule has 0 saturated heterocycles. The Morgan fingerprint density at radius 2 is 1.31 bits per heavy atom. The van der Waals surface area contributed by atoms with Gasteiger partial charge in [-0.2, -0.15) is 0 Å². The van der Waals surface area contributed by atoms with Crippen LogP contribution in [-0.4, -0.2) is 23.1 Å². The van der Waals surface area contributed by atoms with Crippen LogP contribution in [-0.2, 0) is 0 Å². The average molecular weight is 183 g/mol. The van der Waals surface area contributed by atoms with E-state index in [1.807, 2.05) is 36.4 Å². The molecule has 0 nitrogen and oxygen atoms in total. The first-order chi connectivity index (χ1) is 5.85. The molecule has 64 valence electrons. The van der Waals surface area contributed by atoms with E-state index in [4.69, 9.17) is 0 Å². The highest BCUT2D eigenvalue weighted by atomic mass is 24.3. The van der Waals surface area contributed by atoms with Gasteiger partial charge in [-0.1, -0.05) is 68.3 Å². The Labute approximate surface area is 96.8 Å². The molecule has 0 aromatic heterocycles. The normalized spacial score (nSPS) is 6.77. The predicted molar refractivity (Wildman–Crippen MR) is 62.7 cm³/mol. The van der Waals surface area contributed by atoms with Crippen molar-refractivity contribution < 1.29 is 0 Å². The van der Waals surface area contributed by atoms with Gasteiger partial charge < -0.3 is 0 Å². The van der Waals surface area contributed by atoms with Crippen molar-refractivity contribution in [3.05, 3.63) is 67.8 Å². The third kappa shape index (κ3) is 9.12. The van der Waals surface area contributed by atoms with E-state index in [-0.39, 0.29) is 23.1 Å². The topological polar surface area (TPSA) is 0 Å². The largest absolute Gasteiger partial charge is 0.0991 e. The first kappa shape index (κ1) is 14.7. The second-order valence-corrected chi connectivity index (χ2v) is 2.09. The lowest BCUT2D eigenvalue weighted by Crippen LogP contribution is -1.63. The minimum Gasteiger partial charge on any atom is -0.0991 e. The molecule has 0 unspecified atom stereocenters. The van der Waals surface area contributed by atoms with Crippen LogP contribution in [0.2, 0.25) is 0 Å². The fraction of sp³-hybridized carbons (Fsp3) is 0. The Hall–Kier alpha value is -0.794. The number of rotatable bonds is 2. The van der Waals surface area contributed by atoms with Crippen LogP contribution in [0, 0.1) is 0 Å². The molecule has 1 aromatic rings. The average Bonchev–Trinajstić information content (AvgIpc) is 2.19. The Balaban J connectivity index is 0. The summed E-state index contributed by atoms with van der Waals surface area (Å²) in [6.45, 7) is 10.4. The number of allylic oxidation sites excluding steroid dienone is 2. The second-order valence-electron chi connectivity index (χ2n) is 2.09. The number of hydrogen-bond donors (Lipinski definition) is 0. The van der Waals surface area contributed by atoms with Crippen molar-refractivity contribution in [1.82, 2.24) is 0 Å². The molecule has 1 aromatic carbocycles. The van der Waals surface area contributed by atoms with Gasteiger partial charge in [-0.15, -0.1) is 0 Å². The third-order valence-electron chi connectivity index (χ3n) is 1.20. The van der Waals surface area contributed by atoms with Gasteiger partial charge in [-0.25, -0.2) is 0 Å². The SMILES string of the molecule is C=CC=C.C=Cc1ccccc1.[Mg]. The van der Waals surface area contributed by atoms with E-state index >= 15 is 0 Å². The van der Waals surface area contributed by atoms with Crippen LogP contribution in [0.1, 0.15) is 5.56 Å². The van der Waals surface area contributed by atoms with Crippen molar-refractivity contribution in [3.8, 4) is 0 Å². The zero-order valence-electron chi connectivity index (χ0n) is 7.95. The molecule has 0 heterocycles. The third-order valence-corrected chi connectivity index (χ3v) is 1.20. The summed E-state index contributed by atoms with van der Waals surface area (Å²) in [5, 5.41) is 0. The maximum atomic E-state index is 3.63. The minimum absolute atomic E-state index is 0. The lowest BCUT2D eigenvalue weighted by atomic mass is 10.2. The van der Waals surface area contributed by atoms with E-state index in [1.54, 1.807) is 12.2 Å². The van der Waals surface area contributed by atoms with Crippen LogP contribution in [0.5, 0.6) is 0 Å². The molecular formula is C12H14Mg. The number of benzene rings is 1. The van der Waals surface area contributed by atoms with Crippen molar-refractivity contribution in [1.29, 1.82) is 0 Å². The van der Waals surface area contributed by atoms with Gasteiger partial charge in [-0.3, -0.25) is 0 Å². The summed E-state index contributed by atoms with van der Waals surface area (Å²) in [5.74, 6) is 0. The molecule has 2 radical (unpaired) electrons. The van der Waals surface area contributed by atoms with Gasteiger partial charge in [0.1, 0.15) is 0 Å². The van der Waals surface area contributed by atoms with Crippen LogP contribution < -0.4 is 0 Å². The zero-order chi connectivity index (χ0) is 9.23. The van der Waals surface area contributed by atoms with Crippen molar-refractivity contribution in [2.45, 2.75) is 0 Å². The Bertz CT molecular complexity index is 231. The fourth-order valence-corrected chi connectivity index (χ4v) is 0.589. The standard InChI is InChI=1S/C8H8.C4H6.Mg/c1-2-8-6-4-3-5-7-8;1-3-4-2;/h2-7H,1H2;3-4H,1-2H2;. The van der Waals surface area contributed by atoms with Gasteiger partial charge in [0, 0.05) is 23.1 Å². The number of hydrogen-bond acceptors (Lipinski definition) is 0. The zero-order valence-corrected chi connectivity index (χ0v) is 9.36. The van der Waals surface area contributed by atoms with E-state index in [0.717, 1.165) is 0 Å². The summed E-state index contributed by atoms with van der Waals surface area (Å²) in [6.07, 6.45) is 5.11. The molecular weight excluding hydrogens is 168 g/mol. The van der Waals surface area contributed by atoms with Gasteiger partial charge in [-0.05, 0) is 5.56 Å². The highest BCUT2D eigenvalue weighted by Gasteiger charge is 1.75. The maximum Gasteiger partial charge on any atom is 0 e. The fourth-order valence-electron chi connectivity index (χ4n) is 0.589. The molecule has 0 amide bonds. The summed E-state index contributed by atoms with van der Waals surface area (Å²) < 4.78 is 0. The van der Waals surface area contributed by atoms with Gasteiger partial charge in [0.05, 0.1) is 0 Å². The maximum absolute atomic E-state index is 3.63. The van der Waals surface area contributed by atoms with Crippen LogP contribution >= 0.6 is 0 Å². The summed E-state index contributed by atoms with van der Waals surface area (Å²) in [4.78, 5) is 0. The second kappa shape index (κ2) is 11.2. The molecule has 0 saturated carbocycles. The molecule has 1 rings (SSSR count). The molecule has 13 heavy (non-hydrogen) atoms. The molecule has 0 atom stereocenters. The Morgan fingerprint density at radius 3 is 1.54 bits per heavy atom. The molecule has 0 spiro atoms. The highest BCUT2D eigenvalue weighted by molar-refractivity contribution is 5.75. The highest BCUT2D eigenvalue weighted by Crippen LogP contribution is 1.97. The molecule has 0 bridgehead atoms. The van der Waals surface area contributed by atoms with Crippen LogP contribution in [0.25, 0.3) is 6.08 Å². The summed E-state index contributed by atoms with van der Waals surface area (Å²) in [6, 6.07) is 10.0. The lowest BCUT2D eigenvalue weighted by molar-refractivity contribution is 1.67. The summed E-state index contributed by atoms with van der Waals surface area (Å²) in [7, 11) is 0. The van der Waals surface area contributed by atoms with Gasteiger partial charge in [0.2, 0.25) is 0 Å². The smallest absolute Gasteiger partial charge is 0 e. The van der Waals surface area contributed by atoms with Gasteiger partial charge in [0.25, 0.3) is 0 Å². The van der Waals surface area contributed by atoms with E-state index in [2.05, 4.69) is 19.7 Å². The van der Waals surface area contributed by atoms with Gasteiger partial charge in [0.15, 0.2) is 0 Å². The van der Waals surface area contributed by atoms with Crippen LogP contribution in [0.4, 0.5) is 0 Å². The van der Waals surface area contributed by atoms with Crippen molar-refractivity contribution >= 4 is 29.1 Å². The van der Waals surface area contributed by atoms with E-state index in [0.29, 0.717) is 0 Å². The lowest BCUT2D eigenvalue weighted by Gasteiger charge is -1.85. The minimum atomic E-state index is 0. The van der Waals surface area contributed by atoms with Crippen molar-refractivity contribution in [2.75, 3.05) is 0 Å². The monoisotopic (exact) mass is 182 g/mol. The van der Waals surface area contributed by atoms with Crippen LogP contribution in [0.3, 0.4) is 0 Å². The van der Waals surface area contributed by atoms with Crippen molar-refractivity contribution in [2.24, 2.45) is 0 Å². The van der Waals surface area contributed by atoms with E-state index in [9.17, 15) is 0 Å². The molecule has 1 heteroatoms. The Morgan fingerprint density at radius 1 is 0.846 bits per heavy atom. The first-order valence-electron chi connectivity index (χ1n) is 3.76. The molecule has 0 fully saturated rings. The molecule has 0 aliphatic carbocycles. The first-order valence-corrected chi connectivity index (χ1v) is 3.76. The summed E-state index contributed by atoms with van der Waals surface area (Å²) >= 11 is 0. The molecule has 0 N–H and O–H groups in total. The predicted octanol–water partition coefficient (Wildman–Crippen LogP) is 3.31. The van der Waals surface area contributed by atoms with Crippen molar-refractivity contribution in [3.63, 3.8) is 0 Å². The molecule has 0 aliphatic heterocycles. The van der Waals surface area contributed by atoms with E-state index in [1.165, 1.54) is 5.56 Å². The quantitative estimate of drug-likeness (QED) is 0.486. The van der Waals surface area contributed by atoms with Crippen LogP contribution in [0.15, 0.2) is 62.2 Å². The van der Waals surface area contributed by atoms with E-state index < -0.39 is 0 Å². The molecule has 0 aliphatic rings. The summed E-state index contributed by atoms with van der Waals surface area (Å²) in [5.41, 5.74) is 1.17. The Kier molecular flexibility index (Phi) is 12.7. The van der Waals surface area contributed by atoms with Gasteiger partial charge >= 0.3 is 0 Å².